The molecule has 1 atom stereocenters. The molecule has 0 radical (unpaired) electrons. The van der Waals surface area contributed by atoms with Gasteiger partial charge in [0.05, 0.1) is 25.8 Å². The average molecular weight is 366 g/mol. The highest BCUT2D eigenvalue weighted by atomic mass is 16.6. The maximum atomic E-state index is 11.9. The van der Waals surface area contributed by atoms with Gasteiger partial charge >= 0.3 is 18.2 Å². The molecule has 1 aromatic carbocycles. The molecule has 9 nitrogen and oxygen atoms in total. The fourth-order valence-corrected chi connectivity index (χ4v) is 2.40. The first-order valence-corrected chi connectivity index (χ1v) is 7.97. The van der Waals surface area contributed by atoms with Crippen LogP contribution in [-0.2, 0) is 14.3 Å². The van der Waals surface area contributed by atoms with Gasteiger partial charge in [-0.05, 0) is 39.0 Å². The predicted molar refractivity (Wildman–Crippen MR) is 92.7 cm³/mol. The van der Waals surface area contributed by atoms with Crippen molar-refractivity contribution in [3.63, 3.8) is 0 Å². The van der Waals surface area contributed by atoms with Crippen molar-refractivity contribution in [3.05, 3.63) is 18.2 Å². The van der Waals surface area contributed by atoms with Gasteiger partial charge in [-0.2, -0.15) is 0 Å². The van der Waals surface area contributed by atoms with E-state index in [-0.39, 0.29) is 18.7 Å². The van der Waals surface area contributed by atoms with Gasteiger partial charge in [-0.1, -0.05) is 0 Å². The van der Waals surface area contributed by atoms with Gasteiger partial charge in [0.1, 0.15) is 17.5 Å². The number of nitrogens with one attached hydrogen (secondary N) is 1. The summed E-state index contributed by atoms with van der Waals surface area (Å²) in [6, 6.07) is 4.56. The summed E-state index contributed by atoms with van der Waals surface area (Å²) in [6.07, 6.45) is -2.58. The van der Waals surface area contributed by atoms with Crippen molar-refractivity contribution < 1.29 is 33.7 Å². The van der Waals surface area contributed by atoms with Crippen LogP contribution < -0.4 is 15.0 Å². The lowest BCUT2D eigenvalue weighted by Crippen LogP contribution is -2.44. The highest BCUT2D eigenvalue weighted by Gasteiger charge is 2.31. The first-order chi connectivity index (χ1) is 12.1. The average Bonchev–Trinajstić information content (AvgIpc) is 2.52. The molecular weight excluding hydrogens is 344 g/mol. The zero-order valence-corrected chi connectivity index (χ0v) is 15.1. The van der Waals surface area contributed by atoms with Crippen molar-refractivity contribution in [2.24, 2.45) is 0 Å². The first-order valence-electron chi connectivity index (χ1n) is 7.97. The van der Waals surface area contributed by atoms with Crippen molar-refractivity contribution in [2.75, 3.05) is 23.9 Å². The minimum atomic E-state index is -1.20. The molecule has 0 aliphatic carbocycles. The van der Waals surface area contributed by atoms with E-state index in [0.29, 0.717) is 11.4 Å². The lowest BCUT2D eigenvalue weighted by atomic mass is 10.1. The number of carboxylic acid groups (broad SMARTS) is 1. The van der Waals surface area contributed by atoms with E-state index in [4.69, 9.17) is 9.47 Å². The fourth-order valence-electron chi connectivity index (χ4n) is 2.40. The Morgan fingerprint density at radius 3 is 2.62 bits per heavy atom. The largest absolute Gasteiger partial charge is 0.486 e. The lowest BCUT2D eigenvalue weighted by Gasteiger charge is -2.33. The summed E-state index contributed by atoms with van der Waals surface area (Å²) in [5, 5.41) is 12.0. The Morgan fingerprint density at radius 1 is 1.35 bits per heavy atom. The Bertz CT molecular complexity index is 712. The molecule has 0 saturated heterocycles. The molecule has 1 unspecified atom stereocenters. The number of ether oxygens (including phenoxy) is 3. The summed E-state index contributed by atoms with van der Waals surface area (Å²) in [6.45, 7) is 5.18. The summed E-state index contributed by atoms with van der Waals surface area (Å²) in [4.78, 5) is 35.9. The summed E-state index contributed by atoms with van der Waals surface area (Å²) >= 11 is 0. The zero-order chi connectivity index (χ0) is 19.5. The van der Waals surface area contributed by atoms with E-state index in [9.17, 15) is 19.5 Å². The number of esters is 1. The summed E-state index contributed by atoms with van der Waals surface area (Å²) in [5.41, 5.74) is -0.0262. The Kier molecular flexibility index (Phi) is 5.59. The Morgan fingerprint density at radius 2 is 2.04 bits per heavy atom. The number of fused-ring (bicyclic) bond motifs is 1. The third-order valence-corrected chi connectivity index (χ3v) is 3.43. The van der Waals surface area contributed by atoms with Gasteiger partial charge in [0.15, 0.2) is 0 Å². The highest BCUT2D eigenvalue weighted by Crippen LogP contribution is 2.36. The number of methoxy groups -OCH3 is 1. The first kappa shape index (κ1) is 19.4. The molecule has 26 heavy (non-hydrogen) atoms. The Hall–Kier alpha value is -2.97. The van der Waals surface area contributed by atoms with Crippen molar-refractivity contribution in [3.8, 4) is 5.75 Å². The molecule has 0 fully saturated rings. The fraction of sp³-hybridized carbons (Fsp3) is 0.471. The van der Waals surface area contributed by atoms with Gasteiger partial charge in [0.25, 0.3) is 0 Å². The van der Waals surface area contributed by atoms with E-state index in [1.165, 1.54) is 19.2 Å². The van der Waals surface area contributed by atoms with Crippen LogP contribution >= 0.6 is 0 Å². The van der Waals surface area contributed by atoms with Crippen LogP contribution in [0.15, 0.2) is 18.2 Å². The van der Waals surface area contributed by atoms with E-state index in [1.54, 1.807) is 26.8 Å². The van der Waals surface area contributed by atoms with Crippen LogP contribution in [0.4, 0.5) is 21.0 Å². The second-order valence-electron chi connectivity index (χ2n) is 6.72. The molecule has 0 aromatic heterocycles. The van der Waals surface area contributed by atoms with E-state index in [1.807, 2.05) is 0 Å². The van der Waals surface area contributed by atoms with Crippen molar-refractivity contribution >= 4 is 29.5 Å². The third kappa shape index (κ3) is 5.01. The topological polar surface area (TPSA) is 114 Å². The van der Waals surface area contributed by atoms with Gasteiger partial charge in [0, 0.05) is 5.69 Å². The lowest BCUT2D eigenvalue weighted by molar-refractivity contribution is -0.142. The molecule has 2 rings (SSSR count). The molecule has 2 amide bonds. The Labute approximate surface area is 150 Å². The molecule has 0 bridgehead atoms. The van der Waals surface area contributed by atoms with E-state index < -0.39 is 29.9 Å². The smallest absolute Gasteiger partial charge is 0.412 e. The van der Waals surface area contributed by atoms with Crippen LogP contribution in [0.1, 0.15) is 27.2 Å². The molecule has 0 saturated carbocycles. The molecule has 1 aliphatic rings. The van der Waals surface area contributed by atoms with Crippen molar-refractivity contribution in [1.82, 2.24) is 0 Å². The number of hydrogen-bond acceptors (Lipinski definition) is 6. The number of benzene rings is 1. The number of carbonyl (C=O) groups excluding carboxylic acids is 2. The van der Waals surface area contributed by atoms with Crippen LogP contribution in [0.3, 0.4) is 0 Å². The predicted octanol–water partition coefficient (Wildman–Crippen LogP) is 2.84. The van der Waals surface area contributed by atoms with Crippen LogP contribution in [0, 0.1) is 0 Å². The minimum absolute atomic E-state index is 0.0344. The molecule has 0 spiro atoms. The molecule has 142 valence electrons. The van der Waals surface area contributed by atoms with Gasteiger partial charge < -0.3 is 19.3 Å². The molecule has 1 aromatic rings. The second-order valence-corrected chi connectivity index (χ2v) is 6.72. The minimum Gasteiger partial charge on any atom is -0.486 e. The van der Waals surface area contributed by atoms with Crippen LogP contribution in [0.5, 0.6) is 5.75 Å². The van der Waals surface area contributed by atoms with Crippen molar-refractivity contribution in [2.45, 2.75) is 38.9 Å². The van der Waals surface area contributed by atoms with E-state index >= 15 is 0 Å². The second kappa shape index (κ2) is 7.51. The SMILES string of the molecule is COC(=O)CC1CN(C(=O)O)c2cc(NC(=O)OC(C)(C)C)ccc2O1. The van der Waals surface area contributed by atoms with E-state index in [0.717, 1.165) is 4.90 Å². The monoisotopic (exact) mass is 366 g/mol. The molecule has 9 heteroatoms. The van der Waals surface area contributed by atoms with Gasteiger partial charge in [0.2, 0.25) is 0 Å². The standard InChI is InChI=1S/C17H22N2O7/c1-17(2,3)26-15(21)18-10-5-6-13-12(7-10)19(16(22)23)9-11(25-13)8-14(20)24-4/h5-7,11H,8-9H2,1-4H3,(H,18,21)(H,22,23). The Balaban J connectivity index is 2.21. The molecule has 1 heterocycles. The quantitative estimate of drug-likeness (QED) is 0.791. The normalized spacial score (nSPS) is 16.2. The summed E-state index contributed by atoms with van der Waals surface area (Å²) in [5.74, 6) is -0.200. The summed E-state index contributed by atoms with van der Waals surface area (Å²) < 4.78 is 15.4. The van der Waals surface area contributed by atoms with Crippen LogP contribution in [0.25, 0.3) is 0 Å². The van der Waals surface area contributed by atoms with Gasteiger partial charge in [-0.3, -0.25) is 15.0 Å². The van der Waals surface area contributed by atoms with Gasteiger partial charge in [-0.25, -0.2) is 9.59 Å². The van der Waals surface area contributed by atoms with Gasteiger partial charge in [-0.15, -0.1) is 0 Å². The molecule has 1 aliphatic heterocycles. The number of amides is 2. The zero-order valence-electron chi connectivity index (χ0n) is 15.1. The molecule has 2 N–H and O–H groups in total. The molecular formula is C17H22N2O7. The maximum absolute atomic E-state index is 11.9. The summed E-state index contributed by atoms with van der Waals surface area (Å²) in [7, 11) is 1.25. The number of nitrogens with zero attached hydrogens (tertiary/aromatic N) is 1. The number of carbonyl (C=O) groups is 3. The number of rotatable bonds is 3. The maximum Gasteiger partial charge on any atom is 0.412 e. The third-order valence-electron chi connectivity index (χ3n) is 3.43. The van der Waals surface area contributed by atoms with Crippen molar-refractivity contribution in [1.29, 1.82) is 0 Å². The van der Waals surface area contributed by atoms with E-state index in [2.05, 4.69) is 10.1 Å². The van der Waals surface area contributed by atoms with Crippen LogP contribution in [-0.4, -0.2) is 48.6 Å². The number of anilines is 2. The van der Waals surface area contributed by atoms with Crippen LogP contribution in [0.2, 0.25) is 0 Å². The highest BCUT2D eigenvalue weighted by molar-refractivity contribution is 5.92. The number of hydrogen-bond donors (Lipinski definition) is 2.